The van der Waals surface area contributed by atoms with Crippen LogP contribution in [0, 0.1) is 6.92 Å². The molecule has 0 bridgehead atoms. The molecule has 0 aromatic heterocycles. The maximum atomic E-state index is 13.1. The van der Waals surface area contributed by atoms with E-state index in [1.165, 1.54) is 8.61 Å². The highest BCUT2D eigenvalue weighted by Gasteiger charge is 2.42. The largest absolute Gasteiger partial charge is 0.373 e. The number of aryl methyl sites for hydroxylation is 1. The van der Waals surface area contributed by atoms with Gasteiger partial charge in [0.05, 0.1) is 29.8 Å². The Balaban J connectivity index is 1.81. The minimum absolute atomic E-state index is 0.199. The summed E-state index contributed by atoms with van der Waals surface area (Å²) in [6.07, 6.45) is 0.916. The van der Waals surface area contributed by atoms with E-state index in [9.17, 15) is 8.42 Å². The quantitative estimate of drug-likeness (QED) is 0.810. The Bertz CT molecular complexity index is 846. The maximum Gasteiger partial charge on any atom is 0.330 e. The number of anilines is 3. The smallest absolute Gasteiger partial charge is 0.330 e. The second-order valence-corrected chi connectivity index (χ2v) is 7.57. The van der Waals surface area contributed by atoms with Gasteiger partial charge >= 0.3 is 10.2 Å². The predicted octanol–water partition coefficient (Wildman–Crippen LogP) is 2.99. The molecule has 0 spiro atoms. The summed E-state index contributed by atoms with van der Waals surface area (Å²) >= 11 is 0. The molecule has 4 rings (SSSR count). The molecular weight excluding hydrogens is 312 g/mol. The Kier molecular flexibility index (Phi) is 3.32. The molecule has 0 radical (unpaired) electrons. The van der Waals surface area contributed by atoms with Crippen LogP contribution >= 0.6 is 0 Å². The van der Waals surface area contributed by atoms with E-state index in [0.717, 1.165) is 24.3 Å². The van der Waals surface area contributed by atoms with Crippen molar-refractivity contribution in [3.63, 3.8) is 0 Å². The average Bonchev–Trinajstić information content (AvgIpc) is 3.31. The van der Waals surface area contributed by atoms with Gasteiger partial charge in [-0.25, -0.2) is 4.31 Å². The summed E-state index contributed by atoms with van der Waals surface area (Å²) in [6, 6.07) is 15.0. The van der Waals surface area contributed by atoms with E-state index in [1.807, 2.05) is 55.5 Å². The molecule has 2 aromatic rings. The SMILES string of the molecule is Cc1ccccc1N1c2ccccc2N(CC[C@@H]2CO2)S1(=O)=O. The number of ether oxygens (including phenoxy) is 1. The Hall–Kier alpha value is -2.05. The van der Waals surface area contributed by atoms with E-state index < -0.39 is 10.2 Å². The fraction of sp³-hybridized carbons (Fsp3) is 0.294. The van der Waals surface area contributed by atoms with Gasteiger partial charge in [-0.1, -0.05) is 30.3 Å². The average molecular weight is 330 g/mol. The molecule has 0 aliphatic carbocycles. The molecular formula is C17H18N2O3S. The molecule has 0 amide bonds. The summed E-state index contributed by atoms with van der Waals surface area (Å²) in [5, 5.41) is 0. The molecule has 0 unspecified atom stereocenters. The highest BCUT2D eigenvalue weighted by molar-refractivity contribution is 7.95. The normalized spacial score (nSPS) is 21.3. The third-order valence-electron chi connectivity index (χ3n) is 4.27. The van der Waals surface area contributed by atoms with E-state index in [0.29, 0.717) is 17.9 Å². The van der Waals surface area contributed by atoms with Crippen molar-refractivity contribution in [1.82, 2.24) is 0 Å². The second kappa shape index (κ2) is 5.25. The first-order valence-corrected chi connectivity index (χ1v) is 9.08. The number of epoxide rings is 1. The van der Waals surface area contributed by atoms with Gasteiger partial charge in [-0.15, -0.1) is 0 Å². The van der Waals surface area contributed by atoms with Crippen molar-refractivity contribution in [3.05, 3.63) is 54.1 Å². The van der Waals surface area contributed by atoms with Crippen molar-refractivity contribution in [3.8, 4) is 0 Å². The fourth-order valence-corrected chi connectivity index (χ4v) is 4.76. The summed E-state index contributed by atoms with van der Waals surface area (Å²) in [5.41, 5.74) is 3.07. The van der Waals surface area contributed by atoms with Crippen LogP contribution in [0.1, 0.15) is 12.0 Å². The van der Waals surface area contributed by atoms with Crippen LogP contribution in [0.5, 0.6) is 0 Å². The Morgan fingerprint density at radius 2 is 1.65 bits per heavy atom. The van der Waals surface area contributed by atoms with E-state index >= 15 is 0 Å². The number of hydrogen-bond donors (Lipinski definition) is 0. The summed E-state index contributed by atoms with van der Waals surface area (Å²) in [5.74, 6) is 0. The van der Waals surface area contributed by atoms with E-state index in [2.05, 4.69) is 0 Å². The van der Waals surface area contributed by atoms with Crippen molar-refractivity contribution in [2.75, 3.05) is 21.8 Å². The summed E-state index contributed by atoms with van der Waals surface area (Å²) in [6.45, 7) is 3.09. The van der Waals surface area contributed by atoms with Gasteiger partial charge in [-0.3, -0.25) is 4.31 Å². The van der Waals surface area contributed by atoms with Gasteiger partial charge in [-0.05, 0) is 37.1 Å². The minimum atomic E-state index is -3.62. The molecule has 2 heterocycles. The number of hydrogen-bond acceptors (Lipinski definition) is 3. The zero-order chi connectivity index (χ0) is 16.0. The number of benzene rings is 2. The van der Waals surface area contributed by atoms with Crippen LogP contribution in [0.4, 0.5) is 17.1 Å². The number of para-hydroxylation sites is 3. The van der Waals surface area contributed by atoms with Gasteiger partial charge in [0.2, 0.25) is 0 Å². The lowest BCUT2D eigenvalue weighted by molar-refractivity contribution is 0.399. The van der Waals surface area contributed by atoms with Crippen LogP contribution in [0.2, 0.25) is 0 Å². The zero-order valence-electron chi connectivity index (χ0n) is 12.8. The molecule has 2 aromatic carbocycles. The van der Waals surface area contributed by atoms with Crippen molar-refractivity contribution in [2.24, 2.45) is 0 Å². The Morgan fingerprint density at radius 1 is 1.04 bits per heavy atom. The van der Waals surface area contributed by atoms with E-state index in [1.54, 1.807) is 0 Å². The Morgan fingerprint density at radius 3 is 2.30 bits per heavy atom. The topological polar surface area (TPSA) is 53.1 Å². The second-order valence-electron chi connectivity index (χ2n) is 5.86. The minimum Gasteiger partial charge on any atom is -0.373 e. The molecule has 1 saturated heterocycles. The molecule has 120 valence electrons. The summed E-state index contributed by atoms with van der Waals surface area (Å²) in [4.78, 5) is 0. The van der Waals surface area contributed by atoms with E-state index in [-0.39, 0.29) is 6.10 Å². The fourth-order valence-electron chi connectivity index (χ4n) is 2.97. The third kappa shape index (κ3) is 2.38. The van der Waals surface area contributed by atoms with Crippen molar-refractivity contribution in [1.29, 1.82) is 0 Å². The van der Waals surface area contributed by atoms with Crippen LogP contribution in [-0.2, 0) is 14.9 Å². The third-order valence-corrected chi connectivity index (χ3v) is 6.06. The lowest BCUT2D eigenvalue weighted by Gasteiger charge is -2.22. The van der Waals surface area contributed by atoms with Gasteiger partial charge in [0.15, 0.2) is 0 Å². The van der Waals surface area contributed by atoms with Crippen LogP contribution < -0.4 is 8.61 Å². The highest BCUT2D eigenvalue weighted by Crippen LogP contribution is 2.46. The molecule has 0 saturated carbocycles. The monoisotopic (exact) mass is 330 g/mol. The number of fused-ring (bicyclic) bond motifs is 1. The van der Waals surface area contributed by atoms with Crippen molar-refractivity contribution >= 4 is 27.3 Å². The summed E-state index contributed by atoms with van der Waals surface area (Å²) in [7, 11) is -3.62. The van der Waals surface area contributed by atoms with Gasteiger partial charge < -0.3 is 4.74 Å². The van der Waals surface area contributed by atoms with Crippen LogP contribution in [-0.4, -0.2) is 27.7 Å². The first-order chi connectivity index (χ1) is 11.1. The molecule has 2 aliphatic rings. The molecule has 1 fully saturated rings. The van der Waals surface area contributed by atoms with Gasteiger partial charge in [0.1, 0.15) is 0 Å². The molecule has 0 N–H and O–H groups in total. The summed E-state index contributed by atoms with van der Waals surface area (Å²) < 4.78 is 34.5. The van der Waals surface area contributed by atoms with Crippen LogP contribution in [0.3, 0.4) is 0 Å². The van der Waals surface area contributed by atoms with Crippen molar-refractivity contribution in [2.45, 2.75) is 19.4 Å². The van der Waals surface area contributed by atoms with Crippen LogP contribution in [0.25, 0.3) is 0 Å². The lowest BCUT2D eigenvalue weighted by atomic mass is 10.2. The predicted molar refractivity (Wildman–Crippen MR) is 90.4 cm³/mol. The first kappa shape index (κ1) is 14.5. The lowest BCUT2D eigenvalue weighted by Crippen LogP contribution is -2.36. The molecule has 5 nitrogen and oxygen atoms in total. The van der Waals surface area contributed by atoms with Gasteiger partial charge in [0.25, 0.3) is 0 Å². The van der Waals surface area contributed by atoms with Crippen LogP contribution in [0.15, 0.2) is 48.5 Å². The highest BCUT2D eigenvalue weighted by atomic mass is 32.2. The van der Waals surface area contributed by atoms with Gasteiger partial charge in [0, 0.05) is 6.54 Å². The Labute approximate surface area is 136 Å². The molecule has 6 heteroatoms. The first-order valence-electron chi connectivity index (χ1n) is 7.68. The van der Waals surface area contributed by atoms with Gasteiger partial charge in [-0.2, -0.15) is 8.42 Å². The molecule has 23 heavy (non-hydrogen) atoms. The standard InChI is InChI=1S/C17H18N2O3S/c1-13-6-2-3-7-15(13)19-17-9-5-4-8-16(17)18(23(19,20)21)11-10-14-12-22-14/h2-9,14H,10-12H2,1H3/t14-/m1/s1. The maximum absolute atomic E-state index is 13.1. The van der Waals surface area contributed by atoms with E-state index in [4.69, 9.17) is 4.74 Å². The molecule has 2 aliphatic heterocycles. The number of rotatable bonds is 4. The number of nitrogens with zero attached hydrogens (tertiary/aromatic N) is 2. The van der Waals surface area contributed by atoms with Crippen molar-refractivity contribution < 1.29 is 13.2 Å². The molecule has 1 atom stereocenters. The zero-order valence-corrected chi connectivity index (χ0v) is 13.7.